The van der Waals surface area contributed by atoms with Crippen molar-refractivity contribution in [3.63, 3.8) is 0 Å². The number of benzene rings is 2. The molecule has 0 spiro atoms. The Bertz CT molecular complexity index is 1780. The number of rotatable bonds is 15. The van der Waals surface area contributed by atoms with E-state index in [1.54, 1.807) is 18.2 Å². The van der Waals surface area contributed by atoms with Gasteiger partial charge in [0.1, 0.15) is 0 Å². The van der Waals surface area contributed by atoms with E-state index in [-0.39, 0.29) is 30.9 Å². The van der Waals surface area contributed by atoms with E-state index in [2.05, 4.69) is 4.90 Å². The third-order valence-corrected chi connectivity index (χ3v) is 8.35. The van der Waals surface area contributed by atoms with Crippen molar-refractivity contribution in [2.24, 2.45) is 4.99 Å². The van der Waals surface area contributed by atoms with E-state index in [0.29, 0.717) is 72.2 Å². The van der Waals surface area contributed by atoms with E-state index in [1.807, 2.05) is 38.0 Å². The lowest BCUT2D eigenvalue weighted by Gasteiger charge is -2.20. The zero-order valence-corrected chi connectivity index (χ0v) is 26.3. The highest BCUT2D eigenvalue weighted by Crippen LogP contribution is 2.36. The summed E-state index contributed by atoms with van der Waals surface area (Å²) in [5.74, 6) is -0.193. The van der Waals surface area contributed by atoms with Crippen LogP contribution in [0.4, 0.5) is 0 Å². The topological polar surface area (TPSA) is 122 Å². The fraction of sp³-hybridized carbons (Fsp3) is 0.562. The molecule has 0 saturated carbocycles. The summed E-state index contributed by atoms with van der Waals surface area (Å²) in [7, 11) is 7.54. The molecule has 1 fully saturated rings. The minimum atomic E-state index is -0.436. The van der Waals surface area contributed by atoms with Crippen LogP contribution in [0, 0.1) is 0 Å². The van der Waals surface area contributed by atoms with Crippen molar-refractivity contribution in [2.45, 2.75) is 25.9 Å². The molecule has 0 bridgehead atoms. The van der Waals surface area contributed by atoms with Crippen molar-refractivity contribution >= 4 is 21.5 Å². The van der Waals surface area contributed by atoms with Gasteiger partial charge in [-0.15, -0.1) is 0 Å². The largest absolute Gasteiger partial charge is 0.494 e. The molecule has 1 N–H and O–H groups in total. The van der Waals surface area contributed by atoms with Crippen molar-refractivity contribution in [1.29, 1.82) is 0 Å². The van der Waals surface area contributed by atoms with Crippen LogP contribution in [0.2, 0.25) is 0 Å². The van der Waals surface area contributed by atoms with Gasteiger partial charge in [-0.3, -0.25) is 28.5 Å². The molecule has 0 unspecified atom stereocenters. The van der Waals surface area contributed by atoms with E-state index in [0.717, 1.165) is 19.6 Å². The van der Waals surface area contributed by atoms with Crippen LogP contribution in [0.3, 0.4) is 0 Å². The average molecular weight is 609 g/mol. The van der Waals surface area contributed by atoms with Gasteiger partial charge in [-0.1, -0.05) is 0 Å². The van der Waals surface area contributed by atoms with Gasteiger partial charge in [0, 0.05) is 54.4 Å². The third kappa shape index (κ3) is 6.64. The molecule has 44 heavy (non-hydrogen) atoms. The number of aromatic nitrogens is 2. The molecular weight excluding hydrogens is 564 g/mol. The summed E-state index contributed by atoms with van der Waals surface area (Å²) in [6.07, 6.45) is 2.52. The quantitative estimate of drug-likeness (QED) is 0.152. The van der Waals surface area contributed by atoms with Gasteiger partial charge in [-0.2, -0.15) is 0 Å². The van der Waals surface area contributed by atoms with Crippen LogP contribution < -0.4 is 22.0 Å². The minimum absolute atomic E-state index is 0.193. The second-order valence-corrected chi connectivity index (χ2v) is 12.0. The highest BCUT2D eigenvalue weighted by molar-refractivity contribution is 6.15. The summed E-state index contributed by atoms with van der Waals surface area (Å²) in [5, 5.41) is 13.0. The second-order valence-electron chi connectivity index (χ2n) is 12.0. The first-order chi connectivity index (χ1) is 21.2. The molecule has 3 aliphatic rings. The minimum Gasteiger partial charge on any atom is -0.494 e. The van der Waals surface area contributed by atoms with Crippen molar-refractivity contribution in [3.05, 3.63) is 54.6 Å². The number of likely N-dealkylation sites (N-methyl/N-ethyl adjacent to an activating group) is 2. The van der Waals surface area contributed by atoms with Gasteiger partial charge in [0.15, 0.2) is 0 Å². The maximum Gasteiger partial charge on any atom is 0.263 e. The predicted octanol–water partition coefficient (Wildman–Crippen LogP) is 0.516. The first-order valence-electron chi connectivity index (χ1n) is 15.4. The first-order valence-corrected chi connectivity index (χ1v) is 15.4. The van der Waals surface area contributed by atoms with Gasteiger partial charge < -0.3 is 29.3 Å². The molecule has 1 aromatic heterocycles. The van der Waals surface area contributed by atoms with Crippen LogP contribution in [0.25, 0.3) is 32.7 Å². The van der Waals surface area contributed by atoms with Crippen LogP contribution in [0.5, 0.6) is 5.88 Å². The van der Waals surface area contributed by atoms with Crippen molar-refractivity contribution < 1.29 is 14.6 Å². The molecule has 0 atom stereocenters. The summed E-state index contributed by atoms with van der Waals surface area (Å²) in [6.45, 7) is 6.94. The van der Waals surface area contributed by atoms with E-state index in [4.69, 9.17) is 14.5 Å². The van der Waals surface area contributed by atoms with Gasteiger partial charge in [0.25, 0.3) is 16.7 Å². The number of likely N-dealkylation sites (tertiary alicyclic amines) is 1. The van der Waals surface area contributed by atoms with E-state index >= 15 is 0 Å². The SMILES string of the molecule is CN(C)CCn1c(O)c2ccc3c4c2c(c(=NCCOCCOCCN2CCCC2)cc-4c(=O)n(CCN(C)C)c3=O)c1=O. The van der Waals surface area contributed by atoms with Crippen molar-refractivity contribution in [1.82, 2.24) is 23.8 Å². The monoisotopic (exact) mass is 608 g/mol. The second kappa shape index (κ2) is 14.1. The zero-order chi connectivity index (χ0) is 31.4. The average Bonchev–Trinajstić information content (AvgIpc) is 3.51. The standard InChI is InChI=1S/C32H44N6O6/c1-34(2)12-14-37-29(39)22-7-8-23-27-26(22)24(31(37)41)21-25(28(27)32(42)38(30(23)40)15-13-35(3)4)33-9-17-43-19-20-44-18-16-36-10-5-6-11-36/h7-8,21,40H,5-6,9-20H2,1-4H3. The van der Waals surface area contributed by atoms with Gasteiger partial charge in [-0.05, 0) is 72.3 Å². The molecule has 2 aliphatic heterocycles. The van der Waals surface area contributed by atoms with Crippen LogP contribution in [-0.4, -0.2) is 123 Å². The molecule has 12 nitrogen and oxygen atoms in total. The van der Waals surface area contributed by atoms with Crippen molar-refractivity contribution in [2.75, 3.05) is 93.9 Å². The molecule has 2 aromatic rings. The highest BCUT2D eigenvalue weighted by atomic mass is 16.5. The van der Waals surface area contributed by atoms with Crippen LogP contribution in [0.1, 0.15) is 12.8 Å². The Morgan fingerprint density at radius 1 is 0.773 bits per heavy atom. The third-order valence-electron chi connectivity index (χ3n) is 8.35. The Morgan fingerprint density at radius 2 is 1.41 bits per heavy atom. The molecule has 1 aliphatic carbocycles. The molecule has 5 rings (SSSR count). The van der Waals surface area contributed by atoms with Gasteiger partial charge >= 0.3 is 0 Å². The Labute approximate surface area is 256 Å². The lowest BCUT2D eigenvalue weighted by molar-refractivity contribution is 0.0433. The number of aromatic hydroxyl groups is 1. The Morgan fingerprint density at radius 3 is 2.09 bits per heavy atom. The Kier molecular flexibility index (Phi) is 10.3. The molecule has 3 heterocycles. The Balaban J connectivity index is 1.50. The summed E-state index contributed by atoms with van der Waals surface area (Å²) in [4.78, 5) is 52.1. The van der Waals surface area contributed by atoms with E-state index < -0.39 is 16.7 Å². The normalized spacial score (nSPS) is 15.0. The van der Waals surface area contributed by atoms with Crippen LogP contribution in [-0.2, 0) is 22.6 Å². The van der Waals surface area contributed by atoms with E-state index in [1.165, 1.54) is 22.0 Å². The van der Waals surface area contributed by atoms with Gasteiger partial charge in [0.2, 0.25) is 5.88 Å². The molecule has 1 saturated heterocycles. The van der Waals surface area contributed by atoms with Crippen LogP contribution >= 0.6 is 0 Å². The lowest BCUT2D eigenvalue weighted by atomic mass is 9.90. The fourth-order valence-corrected chi connectivity index (χ4v) is 5.95. The predicted molar refractivity (Wildman–Crippen MR) is 172 cm³/mol. The summed E-state index contributed by atoms with van der Waals surface area (Å²) in [6, 6.07) is 4.91. The molecule has 1 aromatic carbocycles. The fourth-order valence-electron chi connectivity index (χ4n) is 5.95. The lowest BCUT2D eigenvalue weighted by Crippen LogP contribution is -2.39. The smallest absolute Gasteiger partial charge is 0.263 e. The number of hydrogen-bond acceptors (Lipinski definition) is 10. The van der Waals surface area contributed by atoms with Gasteiger partial charge in [0.05, 0.1) is 49.3 Å². The maximum absolute atomic E-state index is 13.9. The molecular formula is C32H44N6O6. The molecule has 12 heteroatoms. The number of hydrogen-bond donors (Lipinski definition) is 1. The number of nitrogens with zero attached hydrogens (tertiary/aromatic N) is 6. The highest BCUT2D eigenvalue weighted by Gasteiger charge is 2.26. The summed E-state index contributed by atoms with van der Waals surface area (Å²) >= 11 is 0. The molecule has 0 radical (unpaired) electrons. The summed E-state index contributed by atoms with van der Waals surface area (Å²) < 4.78 is 14.0. The first kappa shape index (κ1) is 32.0. The van der Waals surface area contributed by atoms with E-state index in [9.17, 15) is 19.5 Å². The summed E-state index contributed by atoms with van der Waals surface area (Å²) in [5.41, 5.74) is -0.575. The molecule has 0 amide bonds. The number of ether oxygens (including phenoxy) is 2. The number of pyridine rings is 2. The van der Waals surface area contributed by atoms with Crippen molar-refractivity contribution in [3.8, 4) is 17.0 Å². The Hall–Kier alpha value is -3.42. The van der Waals surface area contributed by atoms with Crippen LogP contribution in [0.15, 0.2) is 37.6 Å². The maximum atomic E-state index is 13.9. The molecule has 238 valence electrons. The van der Waals surface area contributed by atoms with Gasteiger partial charge in [-0.25, -0.2) is 0 Å². The zero-order valence-electron chi connectivity index (χ0n) is 26.3.